The number of rotatable bonds is 6. The van der Waals surface area contributed by atoms with Crippen LogP contribution in [0.2, 0.25) is 0 Å². The van der Waals surface area contributed by atoms with E-state index in [0.717, 1.165) is 57.7 Å². The van der Waals surface area contributed by atoms with E-state index < -0.39 is 0 Å². The SMILES string of the molecule is COc1ccc2nc3c(CO)cc(OC)cc3c(SC[C@H]3CCNC3)c2c1. The average Bonchev–Trinajstić information content (AvgIpc) is 3.23. The zero-order valence-electron chi connectivity index (χ0n) is 15.6. The molecule has 0 radical (unpaired) electrons. The molecule has 2 aromatic carbocycles. The van der Waals surface area contributed by atoms with Crippen LogP contribution in [0.4, 0.5) is 0 Å². The summed E-state index contributed by atoms with van der Waals surface area (Å²) in [6, 6.07) is 9.85. The molecule has 2 N–H and O–H groups in total. The number of aliphatic hydroxyl groups is 1. The van der Waals surface area contributed by atoms with Crippen molar-refractivity contribution in [2.45, 2.75) is 17.9 Å². The Bertz CT molecular complexity index is 971. The Hall–Kier alpha value is -2.02. The van der Waals surface area contributed by atoms with Crippen LogP contribution in [0, 0.1) is 5.92 Å². The van der Waals surface area contributed by atoms with E-state index in [1.54, 1.807) is 14.2 Å². The van der Waals surface area contributed by atoms with Gasteiger partial charge in [0.15, 0.2) is 0 Å². The van der Waals surface area contributed by atoms with Gasteiger partial charge >= 0.3 is 0 Å². The first kappa shape index (κ1) is 18.3. The van der Waals surface area contributed by atoms with Gasteiger partial charge < -0.3 is 19.9 Å². The van der Waals surface area contributed by atoms with Gasteiger partial charge in [-0.2, -0.15) is 0 Å². The number of benzene rings is 2. The Labute approximate surface area is 163 Å². The highest BCUT2D eigenvalue weighted by molar-refractivity contribution is 7.99. The van der Waals surface area contributed by atoms with E-state index in [1.165, 1.54) is 11.3 Å². The molecule has 2 heterocycles. The molecule has 142 valence electrons. The van der Waals surface area contributed by atoms with Crippen LogP contribution in [0.5, 0.6) is 11.5 Å². The van der Waals surface area contributed by atoms with Gasteiger partial charge in [-0.1, -0.05) is 0 Å². The van der Waals surface area contributed by atoms with Gasteiger partial charge in [-0.05, 0) is 55.8 Å². The standard InChI is InChI=1S/C21H24N2O3S/c1-25-15-3-4-19-17(8-15)21(27-12-13-5-6-22-10-13)18-9-16(26-2)7-14(11-24)20(18)23-19/h3-4,7-9,13,22,24H,5-6,10-12H2,1-2H3/t13-/m0/s1. The average molecular weight is 385 g/mol. The number of thioether (sulfide) groups is 1. The van der Waals surface area contributed by atoms with Crippen LogP contribution in [0.1, 0.15) is 12.0 Å². The molecule has 0 spiro atoms. The Morgan fingerprint density at radius 2 is 1.96 bits per heavy atom. The van der Waals surface area contributed by atoms with Gasteiger partial charge in [0.2, 0.25) is 0 Å². The summed E-state index contributed by atoms with van der Waals surface area (Å²) in [4.78, 5) is 6.02. The number of methoxy groups -OCH3 is 2. The van der Waals surface area contributed by atoms with Crippen LogP contribution in [0.25, 0.3) is 21.8 Å². The van der Waals surface area contributed by atoms with Gasteiger partial charge in [0.25, 0.3) is 0 Å². The van der Waals surface area contributed by atoms with Crippen LogP contribution >= 0.6 is 11.8 Å². The quantitative estimate of drug-likeness (QED) is 0.500. The summed E-state index contributed by atoms with van der Waals surface area (Å²) in [6.07, 6.45) is 1.21. The second kappa shape index (κ2) is 7.92. The number of ether oxygens (including phenoxy) is 2. The van der Waals surface area contributed by atoms with Crippen molar-refractivity contribution in [3.63, 3.8) is 0 Å². The minimum atomic E-state index is -0.0704. The van der Waals surface area contributed by atoms with E-state index >= 15 is 0 Å². The van der Waals surface area contributed by atoms with Gasteiger partial charge in [-0.25, -0.2) is 4.98 Å². The molecule has 5 nitrogen and oxygen atoms in total. The van der Waals surface area contributed by atoms with Crippen LogP contribution in [0.15, 0.2) is 35.2 Å². The highest BCUT2D eigenvalue weighted by atomic mass is 32.2. The highest BCUT2D eigenvalue weighted by Gasteiger charge is 2.19. The molecular weight excluding hydrogens is 360 g/mol. The summed E-state index contributed by atoms with van der Waals surface area (Å²) in [5.41, 5.74) is 2.53. The van der Waals surface area contributed by atoms with E-state index in [0.29, 0.717) is 5.92 Å². The zero-order valence-corrected chi connectivity index (χ0v) is 16.4. The molecule has 4 rings (SSSR count). The van der Waals surface area contributed by atoms with Crippen molar-refractivity contribution >= 4 is 33.6 Å². The van der Waals surface area contributed by atoms with Crippen molar-refractivity contribution in [1.29, 1.82) is 0 Å². The van der Waals surface area contributed by atoms with Crippen molar-refractivity contribution in [2.75, 3.05) is 33.1 Å². The topological polar surface area (TPSA) is 63.6 Å². The van der Waals surface area contributed by atoms with Gasteiger partial charge in [0, 0.05) is 27.0 Å². The lowest BCUT2D eigenvalue weighted by Gasteiger charge is -2.16. The molecular formula is C21H24N2O3S. The molecule has 0 saturated carbocycles. The molecule has 1 atom stereocenters. The largest absolute Gasteiger partial charge is 0.497 e. The maximum Gasteiger partial charge on any atom is 0.120 e. The second-order valence-corrected chi connectivity index (χ2v) is 7.86. The van der Waals surface area contributed by atoms with E-state index in [4.69, 9.17) is 14.5 Å². The Kier molecular flexibility index (Phi) is 5.38. The molecule has 0 aliphatic carbocycles. The van der Waals surface area contributed by atoms with Crippen LogP contribution < -0.4 is 14.8 Å². The molecule has 6 heteroatoms. The fourth-order valence-corrected chi connectivity index (χ4v) is 4.93. The molecule has 1 saturated heterocycles. The van der Waals surface area contributed by atoms with E-state index in [-0.39, 0.29) is 6.61 Å². The predicted molar refractivity (Wildman–Crippen MR) is 110 cm³/mol. The van der Waals surface area contributed by atoms with Gasteiger partial charge in [0.05, 0.1) is 31.9 Å². The third-order valence-electron chi connectivity index (χ3n) is 5.12. The van der Waals surface area contributed by atoms with Crippen LogP contribution in [0.3, 0.4) is 0 Å². The second-order valence-electron chi connectivity index (χ2n) is 6.83. The predicted octanol–water partition coefficient (Wildman–Crippen LogP) is 3.60. The summed E-state index contributed by atoms with van der Waals surface area (Å²) < 4.78 is 10.9. The molecule has 1 fully saturated rings. The first-order chi connectivity index (χ1) is 13.2. The maximum absolute atomic E-state index is 9.87. The first-order valence-corrected chi connectivity index (χ1v) is 10.1. The summed E-state index contributed by atoms with van der Waals surface area (Å²) >= 11 is 1.86. The molecule has 0 bridgehead atoms. The highest BCUT2D eigenvalue weighted by Crippen LogP contribution is 2.39. The maximum atomic E-state index is 9.87. The number of nitrogens with zero attached hydrogens (tertiary/aromatic N) is 1. The lowest BCUT2D eigenvalue weighted by atomic mass is 10.1. The number of hydrogen-bond donors (Lipinski definition) is 2. The molecule has 0 unspecified atom stereocenters. The third-order valence-corrected chi connectivity index (χ3v) is 6.49. The summed E-state index contributed by atoms with van der Waals surface area (Å²) in [5, 5.41) is 15.4. The minimum absolute atomic E-state index is 0.0704. The molecule has 27 heavy (non-hydrogen) atoms. The van der Waals surface area contributed by atoms with Crippen LogP contribution in [-0.2, 0) is 6.61 Å². The molecule has 1 aliphatic heterocycles. The van der Waals surface area contributed by atoms with E-state index in [9.17, 15) is 5.11 Å². The van der Waals surface area contributed by atoms with Gasteiger partial charge in [0.1, 0.15) is 11.5 Å². The Balaban J connectivity index is 1.93. The van der Waals surface area contributed by atoms with Gasteiger partial charge in [-0.15, -0.1) is 11.8 Å². The minimum Gasteiger partial charge on any atom is -0.497 e. The number of aromatic nitrogens is 1. The lowest BCUT2D eigenvalue weighted by Crippen LogP contribution is -2.10. The Morgan fingerprint density at radius 3 is 2.67 bits per heavy atom. The van der Waals surface area contributed by atoms with Crippen molar-refractivity contribution in [1.82, 2.24) is 10.3 Å². The number of pyridine rings is 1. The number of fused-ring (bicyclic) bond motifs is 2. The van der Waals surface area contributed by atoms with Crippen molar-refractivity contribution in [2.24, 2.45) is 5.92 Å². The van der Waals surface area contributed by atoms with E-state index in [1.807, 2.05) is 36.0 Å². The third kappa shape index (κ3) is 3.57. The number of nitrogens with one attached hydrogen (secondary N) is 1. The van der Waals surface area contributed by atoms with Crippen LogP contribution in [-0.4, -0.2) is 43.2 Å². The normalized spacial score (nSPS) is 16.9. The smallest absolute Gasteiger partial charge is 0.120 e. The van der Waals surface area contributed by atoms with Crippen molar-refractivity contribution in [3.05, 3.63) is 35.9 Å². The summed E-state index contributed by atoms with van der Waals surface area (Å²) in [6.45, 7) is 2.10. The summed E-state index contributed by atoms with van der Waals surface area (Å²) in [7, 11) is 3.33. The molecule has 1 aromatic heterocycles. The zero-order chi connectivity index (χ0) is 18.8. The number of hydrogen-bond acceptors (Lipinski definition) is 6. The first-order valence-electron chi connectivity index (χ1n) is 9.16. The fourth-order valence-electron chi connectivity index (χ4n) is 3.61. The monoisotopic (exact) mass is 384 g/mol. The van der Waals surface area contributed by atoms with Crippen molar-refractivity contribution < 1.29 is 14.6 Å². The molecule has 0 amide bonds. The molecule has 1 aliphatic rings. The Morgan fingerprint density at radius 1 is 1.15 bits per heavy atom. The molecule has 3 aromatic rings. The summed E-state index contributed by atoms with van der Waals surface area (Å²) in [5.74, 6) is 3.27. The van der Waals surface area contributed by atoms with Gasteiger partial charge in [-0.3, -0.25) is 0 Å². The lowest BCUT2D eigenvalue weighted by molar-refractivity contribution is 0.282. The van der Waals surface area contributed by atoms with Crippen molar-refractivity contribution in [3.8, 4) is 11.5 Å². The van der Waals surface area contributed by atoms with E-state index in [2.05, 4.69) is 11.4 Å². The fraction of sp³-hybridized carbons (Fsp3) is 0.381. The number of aliphatic hydroxyl groups excluding tert-OH is 1.